The van der Waals surface area contributed by atoms with Crippen molar-refractivity contribution in [2.45, 2.75) is 0 Å². The first-order chi connectivity index (χ1) is 11.9. The molecule has 0 bridgehead atoms. The molecule has 0 amide bonds. The number of hydrogen-bond acceptors (Lipinski definition) is 6. The third kappa shape index (κ3) is 3.22. The minimum atomic E-state index is 0.602. The summed E-state index contributed by atoms with van der Waals surface area (Å²) < 4.78 is 7.13. The summed E-state index contributed by atoms with van der Waals surface area (Å²) in [6.45, 7) is 5.44. The van der Waals surface area contributed by atoms with E-state index >= 15 is 0 Å². The second-order valence-electron chi connectivity index (χ2n) is 5.75. The van der Waals surface area contributed by atoms with E-state index in [4.69, 9.17) is 4.74 Å². The van der Waals surface area contributed by atoms with Crippen molar-refractivity contribution in [3.05, 3.63) is 42.7 Å². The van der Waals surface area contributed by atoms with Crippen molar-refractivity contribution >= 4 is 11.6 Å². The number of nitrogens with one attached hydrogen (secondary N) is 1. The molecule has 3 aromatic rings. The molecule has 1 aliphatic heterocycles. The van der Waals surface area contributed by atoms with Crippen LogP contribution in [0.5, 0.6) is 0 Å². The van der Waals surface area contributed by atoms with Crippen molar-refractivity contribution in [1.29, 1.82) is 0 Å². The van der Waals surface area contributed by atoms with Gasteiger partial charge in [0.1, 0.15) is 12.1 Å². The van der Waals surface area contributed by atoms with Gasteiger partial charge in [-0.2, -0.15) is 14.6 Å². The molecule has 1 aliphatic rings. The number of aromatic nitrogens is 4. The average Bonchev–Trinajstić information content (AvgIpc) is 3.12. The Hall–Kier alpha value is -2.51. The zero-order valence-corrected chi connectivity index (χ0v) is 13.4. The van der Waals surface area contributed by atoms with Crippen molar-refractivity contribution in [2.24, 2.45) is 0 Å². The van der Waals surface area contributed by atoms with Crippen LogP contribution in [0.1, 0.15) is 0 Å². The molecule has 0 aliphatic carbocycles. The molecule has 1 aromatic carbocycles. The molecule has 1 N–H and O–H groups in total. The zero-order valence-electron chi connectivity index (χ0n) is 13.4. The summed E-state index contributed by atoms with van der Waals surface area (Å²) in [6.07, 6.45) is 1.53. The maximum atomic E-state index is 5.38. The molecule has 0 unspecified atom stereocenters. The van der Waals surface area contributed by atoms with Crippen LogP contribution in [0.15, 0.2) is 42.7 Å². The fraction of sp³-hybridized carbons (Fsp3) is 0.353. The SMILES string of the molecule is c1ccc(-c2cc(NCCN3CCOCC3)n3ncnc3n2)cc1. The van der Waals surface area contributed by atoms with Crippen LogP contribution in [0.2, 0.25) is 0 Å². The molecule has 0 atom stereocenters. The first-order valence-electron chi connectivity index (χ1n) is 8.20. The predicted octanol–water partition coefficient (Wildman–Crippen LogP) is 1.54. The lowest BCUT2D eigenvalue weighted by molar-refractivity contribution is 0.0398. The topological polar surface area (TPSA) is 67.6 Å². The summed E-state index contributed by atoms with van der Waals surface area (Å²) in [5.74, 6) is 1.51. The van der Waals surface area contributed by atoms with Gasteiger partial charge in [-0.3, -0.25) is 4.90 Å². The van der Waals surface area contributed by atoms with Crippen LogP contribution in [-0.4, -0.2) is 63.9 Å². The smallest absolute Gasteiger partial charge is 0.254 e. The van der Waals surface area contributed by atoms with Crippen molar-refractivity contribution in [3.63, 3.8) is 0 Å². The highest BCUT2D eigenvalue weighted by Crippen LogP contribution is 2.21. The van der Waals surface area contributed by atoms with Crippen LogP contribution in [0.4, 0.5) is 5.82 Å². The molecule has 4 rings (SSSR count). The number of benzene rings is 1. The van der Waals surface area contributed by atoms with E-state index in [1.807, 2.05) is 36.4 Å². The Bertz CT molecular complexity index is 797. The van der Waals surface area contributed by atoms with Gasteiger partial charge in [0.15, 0.2) is 0 Å². The quantitative estimate of drug-likeness (QED) is 0.768. The average molecular weight is 324 g/mol. The molecule has 0 saturated carbocycles. The van der Waals surface area contributed by atoms with Gasteiger partial charge < -0.3 is 10.1 Å². The summed E-state index contributed by atoms with van der Waals surface area (Å²) in [6, 6.07) is 12.1. The van der Waals surface area contributed by atoms with E-state index in [9.17, 15) is 0 Å². The molecular formula is C17H20N6O. The second kappa shape index (κ2) is 6.94. The predicted molar refractivity (Wildman–Crippen MR) is 92.0 cm³/mol. The van der Waals surface area contributed by atoms with Gasteiger partial charge in [-0.1, -0.05) is 30.3 Å². The summed E-state index contributed by atoms with van der Waals surface area (Å²) in [7, 11) is 0. The third-order valence-corrected chi connectivity index (χ3v) is 4.16. The van der Waals surface area contributed by atoms with Crippen molar-refractivity contribution < 1.29 is 4.74 Å². The summed E-state index contributed by atoms with van der Waals surface area (Å²) in [4.78, 5) is 11.2. The first-order valence-corrected chi connectivity index (χ1v) is 8.20. The van der Waals surface area contributed by atoms with E-state index in [0.717, 1.165) is 56.5 Å². The lowest BCUT2D eigenvalue weighted by Gasteiger charge is -2.26. The Morgan fingerprint density at radius 2 is 1.96 bits per heavy atom. The normalized spacial score (nSPS) is 15.7. The van der Waals surface area contributed by atoms with Gasteiger partial charge in [-0.25, -0.2) is 4.98 Å². The maximum Gasteiger partial charge on any atom is 0.254 e. The third-order valence-electron chi connectivity index (χ3n) is 4.16. The summed E-state index contributed by atoms with van der Waals surface area (Å²) in [5.41, 5.74) is 1.96. The van der Waals surface area contributed by atoms with Crippen molar-refractivity contribution in [3.8, 4) is 11.3 Å². The van der Waals surface area contributed by atoms with E-state index in [0.29, 0.717) is 5.78 Å². The fourth-order valence-electron chi connectivity index (χ4n) is 2.86. The number of ether oxygens (including phenoxy) is 1. The molecule has 7 nitrogen and oxygen atoms in total. The van der Waals surface area contributed by atoms with Gasteiger partial charge in [0.2, 0.25) is 0 Å². The molecule has 1 fully saturated rings. The van der Waals surface area contributed by atoms with Crippen molar-refractivity contribution in [2.75, 3.05) is 44.7 Å². The van der Waals surface area contributed by atoms with Crippen LogP contribution in [-0.2, 0) is 4.74 Å². The standard InChI is InChI=1S/C17H20N6O/c1-2-4-14(5-3-1)15-12-16(23-17(21-15)19-13-20-23)18-6-7-22-8-10-24-11-9-22/h1-5,12-13,18H,6-11H2. The zero-order chi connectivity index (χ0) is 16.2. The van der Waals surface area contributed by atoms with Crippen molar-refractivity contribution in [1.82, 2.24) is 24.5 Å². The molecule has 124 valence electrons. The molecule has 0 spiro atoms. The summed E-state index contributed by atoms with van der Waals surface area (Å²) in [5, 5.41) is 7.74. The Morgan fingerprint density at radius 1 is 1.12 bits per heavy atom. The van der Waals surface area contributed by atoms with E-state index in [1.165, 1.54) is 6.33 Å². The van der Waals surface area contributed by atoms with E-state index < -0.39 is 0 Å². The highest BCUT2D eigenvalue weighted by atomic mass is 16.5. The van der Waals surface area contributed by atoms with Crippen LogP contribution < -0.4 is 5.32 Å². The Labute approximate surface area is 140 Å². The Balaban J connectivity index is 1.54. The highest BCUT2D eigenvalue weighted by Gasteiger charge is 2.11. The van der Waals surface area contributed by atoms with Gasteiger partial charge >= 0.3 is 0 Å². The fourth-order valence-corrected chi connectivity index (χ4v) is 2.86. The summed E-state index contributed by atoms with van der Waals surface area (Å²) >= 11 is 0. The number of nitrogens with zero attached hydrogens (tertiary/aromatic N) is 5. The lowest BCUT2D eigenvalue weighted by Crippen LogP contribution is -2.39. The molecule has 0 radical (unpaired) electrons. The van der Waals surface area contributed by atoms with Crippen LogP contribution in [0.25, 0.3) is 17.0 Å². The molecule has 1 saturated heterocycles. The van der Waals surface area contributed by atoms with Crippen LogP contribution in [0, 0.1) is 0 Å². The number of morpholine rings is 1. The Morgan fingerprint density at radius 3 is 2.79 bits per heavy atom. The molecule has 7 heteroatoms. The number of rotatable bonds is 5. The van der Waals surface area contributed by atoms with Crippen LogP contribution >= 0.6 is 0 Å². The monoisotopic (exact) mass is 324 g/mol. The molecule has 3 heterocycles. The number of fused-ring (bicyclic) bond motifs is 1. The van der Waals surface area contributed by atoms with Gasteiger partial charge in [-0.15, -0.1) is 0 Å². The largest absolute Gasteiger partial charge is 0.379 e. The Kier molecular flexibility index (Phi) is 4.35. The highest BCUT2D eigenvalue weighted by molar-refractivity contribution is 5.65. The number of hydrogen-bond donors (Lipinski definition) is 1. The van der Waals surface area contributed by atoms with E-state index in [2.05, 4.69) is 25.3 Å². The van der Waals surface area contributed by atoms with Crippen LogP contribution in [0.3, 0.4) is 0 Å². The van der Waals surface area contributed by atoms with Gasteiger partial charge in [0, 0.05) is 37.8 Å². The van der Waals surface area contributed by atoms with Gasteiger partial charge in [0.05, 0.1) is 18.9 Å². The molecule has 2 aromatic heterocycles. The van der Waals surface area contributed by atoms with E-state index in [-0.39, 0.29) is 0 Å². The van der Waals surface area contributed by atoms with E-state index in [1.54, 1.807) is 4.52 Å². The van der Waals surface area contributed by atoms with Gasteiger partial charge in [0.25, 0.3) is 5.78 Å². The molecular weight excluding hydrogens is 304 g/mol. The minimum Gasteiger partial charge on any atom is -0.379 e. The maximum absolute atomic E-state index is 5.38. The minimum absolute atomic E-state index is 0.602. The second-order valence-corrected chi connectivity index (χ2v) is 5.75. The lowest BCUT2D eigenvalue weighted by atomic mass is 10.1. The molecule has 24 heavy (non-hydrogen) atoms. The first kappa shape index (κ1) is 15.0. The van der Waals surface area contributed by atoms with Gasteiger partial charge in [-0.05, 0) is 0 Å². The number of anilines is 1.